The summed E-state index contributed by atoms with van der Waals surface area (Å²) < 4.78 is 0. The van der Waals surface area contributed by atoms with E-state index in [1.54, 1.807) is 0 Å². The van der Waals surface area contributed by atoms with Crippen molar-refractivity contribution in [2.45, 2.75) is 46.5 Å². The van der Waals surface area contributed by atoms with Gasteiger partial charge in [0.25, 0.3) is 0 Å². The van der Waals surface area contributed by atoms with Crippen molar-refractivity contribution in [3.05, 3.63) is 0 Å². The van der Waals surface area contributed by atoms with E-state index in [1.165, 1.54) is 37.2 Å². The summed E-state index contributed by atoms with van der Waals surface area (Å²) in [5.74, 6) is 2.60. The first-order valence-corrected chi connectivity index (χ1v) is 6.55. The van der Waals surface area contributed by atoms with Gasteiger partial charge in [-0.3, -0.25) is 0 Å². The predicted molar refractivity (Wildman–Crippen MR) is 64.3 cm³/mol. The van der Waals surface area contributed by atoms with Gasteiger partial charge in [0.15, 0.2) is 0 Å². The molecule has 0 fully saturated rings. The lowest BCUT2D eigenvalue weighted by Gasteiger charge is -2.21. The molecule has 0 aliphatic carbocycles. The van der Waals surface area contributed by atoms with Crippen LogP contribution in [0.1, 0.15) is 46.5 Å². The molecule has 13 heavy (non-hydrogen) atoms. The molecule has 0 radical (unpaired) electrons. The van der Waals surface area contributed by atoms with Crippen LogP contribution in [-0.4, -0.2) is 18.1 Å². The zero-order valence-electron chi connectivity index (χ0n) is 9.44. The third-order valence-electron chi connectivity index (χ3n) is 2.37. The maximum atomic E-state index is 5.66. The number of unbranched alkanes of at least 4 members (excludes halogenated alkanes) is 2. The Morgan fingerprint density at radius 2 is 1.85 bits per heavy atom. The van der Waals surface area contributed by atoms with E-state index in [-0.39, 0.29) is 0 Å². The average Bonchev–Trinajstić information content (AvgIpc) is 2.11. The first-order chi connectivity index (χ1) is 6.12. The molecule has 0 unspecified atom stereocenters. The second kappa shape index (κ2) is 7.69. The highest BCUT2D eigenvalue weighted by Crippen LogP contribution is 2.21. The number of nitrogens with two attached hydrogens (primary N) is 1. The van der Waals surface area contributed by atoms with Gasteiger partial charge in [-0.2, -0.15) is 11.8 Å². The molecule has 0 heterocycles. The van der Waals surface area contributed by atoms with Crippen molar-refractivity contribution in [2.24, 2.45) is 11.1 Å². The lowest BCUT2D eigenvalue weighted by molar-refractivity contribution is 0.368. The van der Waals surface area contributed by atoms with Crippen LogP contribution in [0.25, 0.3) is 0 Å². The van der Waals surface area contributed by atoms with E-state index >= 15 is 0 Å². The largest absolute Gasteiger partial charge is 0.330 e. The molecule has 80 valence electrons. The summed E-state index contributed by atoms with van der Waals surface area (Å²) in [6.45, 7) is 7.56. The van der Waals surface area contributed by atoms with E-state index in [0.29, 0.717) is 5.41 Å². The van der Waals surface area contributed by atoms with Crippen molar-refractivity contribution < 1.29 is 0 Å². The fourth-order valence-electron chi connectivity index (χ4n) is 1.01. The van der Waals surface area contributed by atoms with Gasteiger partial charge in [-0.25, -0.2) is 0 Å². The minimum atomic E-state index is 0.345. The van der Waals surface area contributed by atoms with E-state index in [1.807, 2.05) is 0 Å². The summed E-state index contributed by atoms with van der Waals surface area (Å²) in [5, 5.41) is 0. The van der Waals surface area contributed by atoms with Crippen molar-refractivity contribution in [1.29, 1.82) is 0 Å². The van der Waals surface area contributed by atoms with Gasteiger partial charge in [0, 0.05) is 0 Å². The Balaban J connectivity index is 3.16. The van der Waals surface area contributed by atoms with Crippen molar-refractivity contribution >= 4 is 11.8 Å². The maximum absolute atomic E-state index is 5.66. The second-order valence-corrected chi connectivity index (χ2v) is 5.66. The SMILES string of the molecule is CCCCCSCCC(C)(C)CN. The van der Waals surface area contributed by atoms with Crippen molar-refractivity contribution in [2.75, 3.05) is 18.1 Å². The highest BCUT2D eigenvalue weighted by Gasteiger charge is 2.14. The van der Waals surface area contributed by atoms with Crippen LogP contribution in [0.2, 0.25) is 0 Å². The maximum Gasteiger partial charge on any atom is -0.00255 e. The molecule has 0 saturated carbocycles. The van der Waals surface area contributed by atoms with Crippen molar-refractivity contribution in [1.82, 2.24) is 0 Å². The molecule has 0 aliphatic rings. The molecule has 0 aromatic heterocycles. The van der Waals surface area contributed by atoms with Gasteiger partial charge in [-0.1, -0.05) is 33.6 Å². The Morgan fingerprint density at radius 3 is 2.38 bits per heavy atom. The Labute approximate surface area is 87.9 Å². The van der Waals surface area contributed by atoms with Gasteiger partial charge < -0.3 is 5.73 Å². The molecule has 0 aromatic rings. The zero-order chi connectivity index (χ0) is 10.2. The lowest BCUT2D eigenvalue weighted by Crippen LogP contribution is -2.24. The molecule has 0 saturated heterocycles. The average molecular weight is 203 g/mol. The van der Waals surface area contributed by atoms with E-state index in [4.69, 9.17) is 5.73 Å². The van der Waals surface area contributed by atoms with Gasteiger partial charge in [0.2, 0.25) is 0 Å². The molecular formula is C11H25NS. The molecule has 0 spiro atoms. The summed E-state index contributed by atoms with van der Waals surface area (Å²) in [6, 6.07) is 0. The quantitative estimate of drug-likeness (QED) is 0.613. The molecule has 2 N–H and O–H groups in total. The Kier molecular flexibility index (Phi) is 7.87. The van der Waals surface area contributed by atoms with E-state index in [2.05, 4.69) is 32.5 Å². The summed E-state index contributed by atoms with van der Waals surface area (Å²) in [7, 11) is 0. The number of hydrogen-bond donors (Lipinski definition) is 1. The summed E-state index contributed by atoms with van der Waals surface area (Å²) in [4.78, 5) is 0. The highest BCUT2D eigenvalue weighted by molar-refractivity contribution is 7.99. The van der Waals surface area contributed by atoms with Crippen LogP contribution in [0.4, 0.5) is 0 Å². The minimum absolute atomic E-state index is 0.345. The Morgan fingerprint density at radius 1 is 1.15 bits per heavy atom. The molecular weight excluding hydrogens is 178 g/mol. The van der Waals surface area contributed by atoms with Crippen LogP contribution in [-0.2, 0) is 0 Å². The zero-order valence-corrected chi connectivity index (χ0v) is 10.3. The van der Waals surface area contributed by atoms with Crippen LogP contribution >= 0.6 is 11.8 Å². The molecule has 0 aliphatic heterocycles. The lowest BCUT2D eigenvalue weighted by atomic mass is 9.91. The monoisotopic (exact) mass is 203 g/mol. The van der Waals surface area contributed by atoms with Crippen LogP contribution in [0.3, 0.4) is 0 Å². The fourth-order valence-corrected chi connectivity index (χ4v) is 2.32. The van der Waals surface area contributed by atoms with Crippen molar-refractivity contribution in [3.63, 3.8) is 0 Å². The Hall–Kier alpha value is 0.310. The van der Waals surface area contributed by atoms with Gasteiger partial charge in [-0.15, -0.1) is 0 Å². The Bertz CT molecular complexity index is 113. The van der Waals surface area contributed by atoms with Gasteiger partial charge in [-0.05, 0) is 36.3 Å². The van der Waals surface area contributed by atoms with Crippen LogP contribution in [0.5, 0.6) is 0 Å². The molecule has 0 bridgehead atoms. The summed E-state index contributed by atoms with van der Waals surface area (Å²) in [5.41, 5.74) is 6.00. The molecule has 0 rings (SSSR count). The predicted octanol–water partition coefficient (Wildman–Crippen LogP) is 3.28. The van der Waals surface area contributed by atoms with Crippen LogP contribution in [0.15, 0.2) is 0 Å². The standard InChI is InChI=1S/C11H25NS/c1-4-5-6-8-13-9-7-11(2,3)10-12/h4-10,12H2,1-3H3. The fraction of sp³-hybridized carbons (Fsp3) is 1.00. The van der Waals surface area contributed by atoms with E-state index < -0.39 is 0 Å². The van der Waals surface area contributed by atoms with Gasteiger partial charge in [0.05, 0.1) is 0 Å². The molecule has 1 nitrogen and oxygen atoms in total. The van der Waals surface area contributed by atoms with Gasteiger partial charge in [0.1, 0.15) is 0 Å². The first kappa shape index (κ1) is 13.3. The number of hydrogen-bond acceptors (Lipinski definition) is 2. The molecule has 2 heteroatoms. The van der Waals surface area contributed by atoms with E-state index in [9.17, 15) is 0 Å². The second-order valence-electron chi connectivity index (χ2n) is 4.44. The van der Waals surface area contributed by atoms with Crippen LogP contribution < -0.4 is 5.73 Å². The van der Waals surface area contributed by atoms with Crippen molar-refractivity contribution in [3.8, 4) is 0 Å². The minimum Gasteiger partial charge on any atom is -0.330 e. The first-order valence-electron chi connectivity index (χ1n) is 5.40. The smallest absolute Gasteiger partial charge is 0.00255 e. The van der Waals surface area contributed by atoms with E-state index in [0.717, 1.165) is 6.54 Å². The third-order valence-corrected chi connectivity index (χ3v) is 3.44. The number of thioether (sulfide) groups is 1. The summed E-state index contributed by atoms with van der Waals surface area (Å²) >= 11 is 2.08. The highest BCUT2D eigenvalue weighted by atomic mass is 32.2. The number of rotatable bonds is 8. The molecule has 0 aromatic carbocycles. The topological polar surface area (TPSA) is 26.0 Å². The van der Waals surface area contributed by atoms with Crippen LogP contribution in [0, 0.1) is 5.41 Å². The molecule has 0 atom stereocenters. The summed E-state index contributed by atoms with van der Waals surface area (Å²) in [6.07, 6.45) is 5.34. The normalized spacial score (nSPS) is 12.0. The van der Waals surface area contributed by atoms with Gasteiger partial charge >= 0.3 is 0 Å². The third kappa shape index (κ3) is 8.63. The molecule has 0 amide bonds.